The first-order valence-corrected chi connectivity index (χ1v) is 6.08. The average molecular weight is 218 g/mol. The largest absolute Gasteiger partial charge is 0.306 e. The van der Waals surface area contributed by atoms with E-state index >= 15 is 0 Å². The highest BCUT2D eigenvalue weighted by Gasteiger charge is 2.29. The molecule has 0 bridgehead atoms. The van der Waals surface area contributed by atoms with Crippen molar-refractivity contribution in [3.05, 3.63) is 35.9 Å². The lowest BCUT2D eigenvalue weighted by Gasteiger charge is -2.40. The number of rotatable bonds is 2. The van der Waals surface area contributed by atoms with Gasteiger partial charge in [0.25, 0.3) is 0 Å². The average Bonchev–Trinajstić information content (AvgIpc) is 2.29. The van der Waals surface area contributed by atoms with Gasteiger partial charge in [0.2, 0.25) is 0 Å². The minimum absolute atomic E-state index is 0.648. The van der Waals surface area contributed by atoms with Crippen molar-refractivity contribution in [3.8, 4) is 0 Å². The zero-order valence-corrected chi connectivity index (χ0v) is 10.6. The molecule has 16 heavy (non-hydrogen) atoms. The van der Waals surface area contributed by atoms with Crippen LogP contribution in [0.25, 0.3) is 0 Å². The molecule has 1 aliphatic heterocycles. The summed E-state index contributed by atoms with van der Waals surface area (Å²) in [7, 11) is 6.62. The van der Waals surface area contributed by atoms with Crippen molar-refractivity contribution >= 4 is 0 Å². The van der Waals surface area contributed by atoms with E-state index in [4.69, 9.17) is 0 Å². The highest BCUT2D eigenvalue weighted by atomic mass is 15.2. The van der Waals surface area contributed by atoms with Gasteiger partial charge in [0.1, 0.15) is 0 Å². The van der Waals surface area contributed by atoms with Gasteiger partial charge in [0.15, 0.2) is 0 Å². The molecule has 1 saturated heterocycles. The summed E-state index contributed by atoms with van der Waals surface area (Å²) in [5.41, 5.74) is 1.48. The van der Waals surface area contributed by atoms with Crippen molar-refractivity contribution in [1.29, 1.82) is 0 Å². The van der Waals surface area contributed by atoms with Crippen LogP contribution >= 0.6 is 0 Å². The Bertz CT molecular complexity index is 321. The van der Waals surface area contributed by atoms with Gasteiger partial charge >= 0.3 is 0 Å². The van der Waals surface area contributed by atoms with Crippen molar-refractivity contribution in [1.82, 2.24) is 9.80 Å². The molecule has 2 nitrogen and oxygen atoms in total. The second-order valence-electron chi connectivity index (χ2n) is 5.10. The highest BCUT2D eigenvalue weighted by molar-refractivity contribution is 5.22. The van der Waals surface area contributed by atoms with E-state index in [0.29, 0.717) is 12.0 Å². The molecule has 1 heterocycles. The molecule has 1 aromatic rings. The Balaban J connectivity index is 2.21. The number of likely N-dealkylation sites (tertiary alicyclic amines) is 1. The molecular formula is C14H22N2. The summed E-state index contributed by atoms with van der Waals surface area (Å²) in [5, 5.41) is 0. The SMILES string of the molecule is CN1CC[C@@H](N(C)C)[C@@H](c2ccccc2)C1. The lowest BCUT2D eigenvalue weighted by Crippen LogP contribution is -2.46. The van der Waals surface area contributed by atoms with Crippen molar-refractivity contribution in [2.24, 2.45) is 0 Å². The third-order valence-electron chi connectivity index (χ3n) is 3.67. The fourth-order valence-corrected chi connectivity index (χ4v) is 2.75. The van der Waals surface area contributed by atoms with Gasteiger partial charge in [0.05, 0.1) is 0 Å². The molecular weight excluding hydrogens is 196 g/mol. The summed E-state index contributed by atoms with van der Waals surface area (Å²) in [6.45, 7) is 2.39. The Morgan fingerprint density at radius 2 is 1.88 bits per heavy atom. The molecule has 2 heteroatoms. The van der Waals surface area contributed by atoms with Crippen LogP contribution in [0.2, 0.25) is 0 Å². The smallest absolute Gasteiger partial charge is 0.0182 e. The quantitative estimate of drug-likeness (QED) is 0.749. The number of hydrogen-bond acceptors (Lipinski definition) is 2. The summed E-state index contributed by atoms with van der Waals surface area (Å²) in [5.74, 6) is 0.648. The molecule has 0 amide bonds. The summed E-state index contributed by atoms with van der Waals surface area (Å²) < 4.78 is 0. The van der Waals surface area contributed by atoms with Crippen LogP contribution in [0, 0.1) is 0 Å². The maximum atomic E-state index is 2.44. The minimum atomic E-state index is 0.648. The zero-order chi connectivity index (χ0) is 11.5. The number of piperidine rings is 1. The molecule has 88 valence electrons. The van der Waals surface area contributed by atoms with Crippen LogP contribution in [-0.4, -0.2) is 50.1 Å². The van der Waals surface area contributed by atoms with Crippen LogP contribution in [0.4, 0.5) is 0 Å². The fourth-order valence-electron chi connectivity index (χ4n) is 2.75. The van der Waals surface area contributed by atoms with Gasteiger partial charge in [0, 0.05) is 18.5 Å². The predicted octanol–water partition coefficient (Wildman–Crippen LogP) is 2.04. The van der Waals surface area contributed by atoms with Crippen molar-refractivity contribution in [2.75, 3.05) is 34.2 Å². The summed E-state index contributed by atoms with van der Waals surface area (Å²) in [6.07, 6.45) is 1.27. The Labute approximate surface area is 98.9 Å². The van der Waals surface area contributed by atoms with Gasteiger partial charge in [-0.2, -0.15) is 0 Å². The Hall–Kier alpha value is -0.860. The van der Waals surface area contributed by atoms with Gasteiger partial charge in [-0.05, 0) is 39.7 Å². The molecule has 0 radical (unpaired) electrons. The molecule has 1 aliphatic rings. The highest BCUT2D eigenvalue weighted by Crippen LogP contribution is 2.29. The molecule has 2 atom stereocenters. The first-order chi connectivity index (χ1) is 7.68. The number of likely N-dealkylation sites (N-methyl/N-ethyl adjacent to an activating group) is 2. The fraction of sp³-hybridized carbons (Fsp3) is 0.571. The van der Waals surface area contributed by atoms with E-state index in [9.17, 15) is 0 Å². The molecule has 1 fully saturated rings. The number of nitrogens with zero attached hydrogens (tertiary/aromatic N) is 2. The third kappa shape index (κ3) is 2.45. The van der Waals surface area contributed by atoms with Gasteiger partial charge in [-0.25, -0.2) is 0 Å². The second-order valence-corrected chi connectivity index (χ2v) is 5.10. The van der Waals surface area contributed by atoms with Gasteiger partial charge in [-0.1, -0.05) is 30.3 Å². The van der Waals surface area contributed by atoms with E-state index in [1.165, 1.54) is 25.1 Å². The predicted molar refractivity (Wildman–Crippen MR) is 68.8 cm³/mol. The molecule has 0 unspecified atom stereocenters. The van der Waals surface area contributed by atoms with Crippen LogP contribution in [0.1, 0.15) is 17.9 Å². The van der Waals surface area contributed by atoms with Gasteiger partial charge in [-0.15, -0.1) is 0 Å². The van der Waals surface area contributed by atoms with Crippen LogP contribution in [0.15, 0.2) is 30.3 Å². The maximum Gasteiger partial charge on any atom is 0.0182 e. The Morgan fingerprint density at radius 3 is 2.50 bits per heavy atom. The van der Waals surface area contributed by atoms with E-state index in [2.05, 4.69) is 61.3 Å². The van der Waals surface area contributed by atoms with Crippen molar-refractivity contribution in [2.45, 2.75) is 18.4 Å². The monoisotopic (exact) mass is 218 g/mol. The molecule has 0 spiro atoms. The van der Waals surface area contributed by atoms with E-state index in [0.717, 1.165) is 0 Å². The molecule has 0 N–H and O–H groups in total. The third-order valence-corrected chi connectivity index (χ3v) is 3.67. The Morgan fingerprint density at radius 1 is 1.19 bits per heavy atom. The minimum Gasteiger partial charge on any atom is -0.306 e. The summed E-state index contributed by atoms with van der Waals surface area (Å²) >= 11 is 0. The lowest BCUT2D eigenvalue weighted by molar-refractivity contribution is 0.140. The van der Waals surface area contributed by atoms with Crippen molar-refractivity contribution < 1.29 is 0 Å². The number of benzene rings is 1. The molecule has 0 saturated carbocycles. The second kappa shape index (κ2) is 4.98. The van der Waals surface area contributed by atoms with Crippen LogP contribution in [0.3, 0.4) is 0 Å². The lowest BCUT2D eigenvalue weighted by atomic mass is 9.85. The van der Waals surface area contributed by atoms with E-state index in [1.54, 1.807) is 0 Å². The van der Waals surface area contributed by atoms with E-state index in [-0.39, 0.29) is 0 Å². The van der Waals surface area contributed by atoms with Crippen LogP contribution in [0.5, 0.6) is 0 Å². The summed E-state index contributed by atoms with van der Waals surface area (Å²) in [6, 6.07) is 11.6. The normalized spacial score (nSPS) is 27.2. The van der Waals surface area contributed by atoms with Crippen LogP contribution in [-0.2, 0) is 0 Å². The molecule has 2 rings (SSSR count). The van der Waals surface area contributed by atoms with Gasteiger partial charge < -0.3 is 9.80 Å². The van der Waals surface area contributed by atoms with Gasteiger partial charge in [-0.3, -0.25) is 0 Å². The number of hydrogen-bond donors (Lipinski definition) is 0. The maximum absolute atomic E-state index is 2.44. The molecule has 1 aromatic carbocycles. The zero-order valence-electron chi connectivity index (χ0n) is 10.6. The standard InChI is InChI=1S/C14H22N2/c1-15(2)14-9-10-16(3)11-13(14)12-7-5-4-6-8-12/h4-8,13-14H,9-11H2,1-3H3/t13-,14-/m1/s1. The van der Waals surface area contributed by atoms with Crippen LogP contribution < -0.4 is 0 Å². The van der Waals surface area contributed by atoms with E-state index < -0.39 is 0 Å². The topological polar surface area (TPSA) is 6.48 Å². The first-order valence-electron chi connectivity index (χ1n) is 6.08. The van der Waals surface area contributed by atoms with Crippen molar-refractivity contribution in [3.63, 3.8) is 0 Å². The molecule has 0 aromatic heterocycles. The first kappa shape index (κ1) is 11.6. The molecule has 0 aliphatic carbocycles. The summed E-state index contributed by atoms with van der Waals surface area (Å²) in [4.78, 5) is 4.82. The Kier molecular flexibility index (Phi) is 3.62. The van der Waals surface area contributed by atoms with E-state index in [1.807, 2.05) is 0 Å².